The van der Waals surface area contributed by atoms with Crippen LogP contribution in [0.5, 0.6) is 0 Å². The van der Waals surface area contributed by atoms with E-state index in [0.717, 1.165) is 15.6 Å². The van der Waals surface area contributed by atoms with E-state index < -0.39 is 0 Å². The quantitative estimate of drug-likeness (QED) is 0.886. The summed E-state index contributed by atoms with van der Waals surface area (Å²) in [5.41, 5.74) is 6.47. The number of nitrogen functional groups attached to an aromatic ring is 1. The van der Waals surface area contributed by atoms with Crippen molar-refractivity contribution < 1.29 is 4.79 Å². The number of anilines is 1. The van der Waals surface area contributed by atoms with Crippen LogP contribution in [0.1, 0.15) is 28.5 Å². The molecule has 102 valence electrons. The fraction of sp³-hybridized carbons (Fsp3) is 0.417. The van der Waals surface area contributed by atoms with Crippen LogP contribution in [-0.4, -0.2) is 20.7 Å². The van der Waals surface area contributed by atoms with Crippen LogP contribution in [0, 0.1) is 13.8 Å². The summed E-state index contributed by atoms with van der Waals surface area (Å²) in [4.78, 5) is 17.3. The molecule has 1 atom stereocenters. The zero-order valence-corrected chi connectivity index (χ0v) is 12.0. The van der Waals surface area contributed by atoms with Gasteiger partial charge in [0.2, 0.25) is 5.91 Å². The number of hydrogen-bond acceptors (Lipinski definition) is 5. The third-order valence-electron chi connectivity index (χ3n) is 2.68. The van der Waals surface area contributed by atoms with Crippen LogP contribution in [0.4, 0.5) is 5.82 Å². The molecular weight excluding hydrogens is 262 g/mol. The second-order valence-electron chi connectivity index (χ2n) is 4.41. The number of nitrogens with one attached hydrogen (secondary N) is 1. The summed E-state index contributed by atoms with van der Waals surface area (Å²) >= 11 is 1.61. The smallest absolute Gasteiger partial charge is 0.242 e. The number of nitrogens with zero attached hydrogens (tertiary/aromatic N) is 3. The Bertz CT molecular complexity index is 589. The number of amides is 1. The standard InChI is InChI=1S/C12H17N5OS/c1-7-12(19-9(3)14-7)8(2)15-11(18)6-17-5-4-10(13)16-17/h4-5,8H,6H2,1-3H3,(H2,13,16)(H,15,18). The first-order valence-electron chi connectivity index (χ1n) is 5.98. The number of thiazole rings is 1. The van der Waals surface area contributed by atoms with Gasteiger partial charge in [-0.1, -0.05) is 0 Å². The molecule has 0 spiro atoms. The van der Waals surface area contributed by atoms with E-state index in [0.29, 0.717) is 5.82 Å². The molecule has 3 N–H and O–H groups in total. The van der Waals surface area contributed by atoms with Crippen molar-refractivity contribution in [3.8, 4) is 0 Å². The van der Waals surface area contributed by atoms with Gasteiger partial charge in [0.15, 0.2) is 0 Å². The maximum Gasteiger partial charge on any atom is 0.242 e. The number of aryl methyl sites for hydroxylation is 2. The van der Waals surface area contributed by atoms with Gasteiger partial charge in [-0.25, -0.2) is 4.98 Å². The number of carbonyl (C=O) groups is 1. The summed E-state index contributed by atoms with van der Waals surface area (Å²) in [6.07, 6.45) is 1.68. The van der Waals surface area contributed by atoms with Gasteiger partial charge in [0, 0.05) is 11.1 Å². The lowest BCUT2D eigenvalue weighted by Crippen LogP contribution is -2.30. The van der Waals surface area contributed by atoms with Gasteiger partial charge in [-0.2, -0.15) is 5.10 Å². The van der Waals surface area contributed by atoms with Gasteiger partial charge in [0.05, 0.1) is 16.7 Å². The largest absolute Gasteiger partial charge is 0.382 e. The molecule has 6 nitrogen and oxygen atoms in total. The highest BCUT2D eigenvalue weighted by Crippen LogP contribution is 2.24. The Kier molecular flexibility index (Phi) is 3.84. The van der Waals surface area contributed by atoms with Gasteiger partial charge < -0.3 is 11.1 Å². The van der Waals surface area contributed by atoms with E-state index in [4.69, 9.17) is 5.73 Å². The van der Waals surface area contributed by atoms with Gasteiger partial charge in [-0.15, -0.1) is 11.3 Å². The molecule has 2 heterocycles. The lowest BCUT2D eigenvalue weighted by atomic mass is 10.2. The number of rotatable bonds is 4. The minimum absolute atomic E-state index is 0.0494. The third kappa shape index (κ3) is 3.31. The number of hydrogen-bond donors (Lipinski definition) is 2. The van der Waals surface area contributed by atoms with Crippen molar-refractivity contribution in [1.82, 2.24) is 20.1 Å². The van der Waals surface area contributed by atoms with Crippen molar-refractivity contribution in [3.63, 3.8) is 0 Å². The summed E-state index contributed by atoms with van der Waals surface area (Å²) in [5, 5.41) is 7.92. The topological polar surface area (TPSA) is 85.8 Å². The lowest BCUT2D eigenvalue weighted by Gasteiger charge is -2.12. The third-order valence-corrected chi connectivity index (χ3v) is 3.93. The first-order valence-corrected chi connectivity index (χ1v) is 6.79. The molecule has 0 saturated heterocycles. The molecule has 0 radical (unpaired) electrons. The van der Waals surface area contributed by atoms with Crippen molar-refractivity contribution in [1.29, 1.82) is 0 Å². The number of nitrogens with two attached hydrogens (primary N) is 1. The van der Waals surface area contributed by atoms with E-state index in [2.05, 4.69) is 15.4 Å². The normalized spacial score (nSPS) is 12.4. The summed E-state index contributed by atoms with van der Waals surface area (Å²) in [6, 6.07) is 1.61. The Morgan fingerprint density at radius 1 is 1.58 bits per heavy atom. The van der Waals surface area contributed by atoms with Crippen LogP contribution >= 0.6 is 11.3 Å². The molecule has 0 aliphatic rings. The molecule has 0 fully saturated rings. The van der Waals surface area contributed by atoms with Crippen molar-refractivity contribution in [2.24, 2.45) is 0 Å². The maximum atomic E-state index is 11.9. The highest BCUT2D eigenvalue weighted by atomic mass is 32.1. The predicted molar refractivity (Wildman–Crippen MR) is 74.8 cm³/mol. The fourth-order valence-electron chi connectivity index (χ4n) is 1.91. The molecule has 0 aromatic carbocycles. The second-order valence-corrected chi connectivity index (χ2v) is 5.64. The highest BCUT2D eigenvalue weighted by molar-refractivity contribution is 7.11. The Labute approximate surface area is 115 Å². The molecule has 0 aliphatic carbocycles. The summed E-state index contributed by atoms with van der Waals surface area (Å²) in [5.74, 6) is 0.316. The first-order chi connectivity index (χ1) is 8.95. The average Bonchev–Trinajstić information content (AvgIpc) is 2.84. The van der Waals surface area contributed by atoms with Crippen LogP contribution in [0.3, 0.4) is 0 Å². The molecule has 1 unspecified atom stereocenters. The second kappa shape index (κ2) is 5.40. The van der Waals surface area contributed by atoms with Gasteiger partial charge in [0.1, 0.15) is 12.4 Å². The molecule has 19 heavy (non-hydrogen) atoms. The molecule has 2 rings (SSSR count). The minimum Gasteiger partial charge on any atom is -0.382 e. The van der Waals surface area contributed by atoms with Gasteiger partial charge >= 0.3 is 0 Å². The Morgan fingerprint density at radius 3 is 2.84 bits per heavy atom. The van der Waals surface area contributed by atoms with E-state index in [1.807, 2.05) is 20.8 Å². The van der Waals surface area contributed by atoms with Crippen LogP contribution in [0.25, 0.3) is 0 Å². The first kappa shape index (κ1) is 13.5. The van der Waals surface area contributed by atoms with E-state index in [1.165, 1.54) is 4.68 Å². The highest BCUT2D eigenvalue weighted by Gasteiger charge is 2.15. The van der Waals surface area contributed by atoms with Crippen molar-refractivity contribution in [2.45, 2.75) is 33.4 Å². The molecule has 1 amide bonds. The van der Waals surface area contributed by atoms with Crippen LogP contribution in [0.15, 0.2) is 12.3 Å². The van der Waals surface area contributed by atoms with E-state index in [-0.39, 0.29) is 18.5 Å². The minimum atomic E-state index is -0.0962. The van der Waals surface area contributed by atoms with E-state index >= 15 is 0 Å². The lowest BCUT2D eigenvalue weighted by molar-refractivity contribution is -0.122. The van der Waals surface area contributed by atoms with Crippen LogP contribution < -0.4 is 11.1 Å². The zero-order chi connectivity index (χ0) is 14.0. The monoisotopic (exact) mass is 279 g/mol. The molecular formula is C12H17N5OS. The van der Waals surface area contributed by atoms with E-state index in [9.17, 15) is 4.79 Å². The predicted octanol–water partition coefficient (Wildman–Crippen LogP) is 1.42. The molecule has 7 heteroatoms. The van der Waals surface area contributed by atoms with Crippen LogP contribution in [0.2, 0.25) is 0 Å². The van der Waals surface area contributed by atoms with E-state index in [1.54, 1.807) is 23.6 Å². The summed E-state index contributed by atoms with van der Waals surface area (Å²) in [7, 11) is 0. The van der Waals surface area contributed by atoms with Crippen molar-refractivity contribution in [3.05, 3.63) is 27.8 Å². The molecule has 2 aromatic rings. The Morgan fingerprint density at radius 2 is 2.32 bits per heavy atom. The summed E-state index contributed by atoms with van der Waals surface area (Å²) in [6.45, 7) is 6.03. The zero-order valence-electron chi connectivity index (χ0n) is 11.2. The van der Waals surface area contributed by atoms with Gasteiger partial charge in [0.25, 0.3) is 0 Å². The molecule has 0 saturated carbocycles. The molecule has 0 aliphatic heterocycles. The Hall–Kier alpha value is -1.89. The van der Waals surface area contributed by atoms with Crippen LogP contribution in [-0.2, 0) is 11.3 Å². The van der Waals surface area contributed by atoms with Gasteiger partial charge in [-0.3, -0.25) is 9.48 Å². The van der Waals surface area contributed by atoms with Crippen molar-refractivity contribution in [2.75, 3.05) is 5.73 Å². The Balaban J connectivity index is 1.97. The summed E-state index contributed by atoms with van der Waals surface area (Å²) < 4.78 is 1.52. The molecule has 2 aromatic heterocycles. The maximum absolute atomic E-state index is 11.9. The number of carbonyl (C=O) groups excluding carboxylic acids is 1. The SMILES string of the molecule is Cc1nc(C)c(C(C)NC(=O)Cn2ccc(N)n2)s1. The average molecular weight is 279 g/mol. The van der Waals surface area contributed by atoms with Gasteiger partial charge in [-0.05, 0) is 26.8 Å². The molecule has 0 bridgehead atoms. The fourth-order valence-corrected chi connectivity index (χ4v) is 2.84. The number of aromatic nitrogens is 3. The van der Waals surface area contributed by atoms with Crippen molar-refractivity contribution >= 4 is 23.1 Å².